The third-order valence-electron chi connectivity index (χ3n) is 2.99. The summed E-state index contributed by atoms with van der Waals surface area (Å²) in [5.41, 5.74) is 1.03. The fraction of sp³-hybridized carbons (Fsp3) is 0.636. The van der Waals surface area contributed by atoms with Gasteiger partial charge in [0.15, 0.2) is 0 Å². The van der Waals surface area contributed by atoms with E-state index in [1.165, 1.54) is 25.9 Å². The lowest BCUT2D eigenvalue weighted by atomic mass is 9.92. The van der Waals surface area contributed by atoms with Crippen LogP contribution in [0.3, 0.4) is 0 Å². The Balaban J connectivity index is 1.92. The van der Waals surface area contributed by atoms with Gasteiger partial charge in [-0.1, -0.05) is 11.6 Å². The van der Waals surface area contributed by atoms with Crippen LogP contribution < -0.4 is 0 Å². The molecule has 0 N–H and O–H groups in total. The molecule has 0 amide bonds. The van der Waals surface area contributed by atoms with Crippen LogP contribution in [0.1, 0.15) is 18.5 Å². The zero-order valence-electron chi connectivity index (χ0n) is 8.99. The summed E-state index contributed by atoms with van der Waals surface area (Å²) >= 11 is 5.80. The van der Waals surface area contributed by atoms with Gasteiger partial charge >= 0.3 is 0 Å². The smallest absolute Gasteiger partial charge is 0.147 e. The number of halogens is 1. The second-order valence-corrected chi connectivity index (χ2v) is 4.67. The number of piperidine rings is 1. The molecular formula is C11H16ClN3. The SMILES string of the molecule is CN1CCC(Cc2cncc(Cl)n2)CC1. The molecule has 1 aromatic heterocycles. The topological polar surface area (TPSA) is 29.0 Å². The maximum atomic E-state index is 5.80. The van der Waals surface area contributed by atoms with Crippen LogP contribution >= 0.6 is 11.6 Å². The van der Waals surface area contributed by atoms with E-state index in [1.54, 1.807) is 6.20 Å². The highest BCUT2D eigenvalue weighted by molar-refractivity contribution is 6.29. The van der Waals surface area contributed by atoms with Gasteiger partial charge in [0.05, 0.1) is 11.9 Å². The van der Waals surface area contributed by atoms with Crippen molar-refractivity contribution in [1.82, 2.24) is 14.9 Å². The molecule has 2 rings (SSSR count). The lowest BCUT2D eigenvalue weighted by Gasteiger charge is -2.28. The minimum atomic E-state index is 0.500. The first kappa shape index (κ1) is 10.8. The number of nitrogens with zero attached hydrogens (tertiary/aromatic N) is 3. The van der Waals surface area contributed by atoms with E-state index in [-0.39, 0.29) is 0 Å². The van der Waals surface area contributed by atoms with Crippen LogP contribution in [-0.4, -0.2) is 35.0 Å². The van der Waals surface area contributed by atoms with Crippen LogP contribution in [0, 0.1) is 5.92 Å². The molecule has 1 aromatic rings. The lowest BCUT2D eigenvalue weighted by molar-refractivity contribution is 0.218. The van der Waals surface area contributed by atoms with E-state index in [9.17, 15) is 0 Å². The Hall–Kier alpha value is -0.670. The van der Waals surface area contributed by atoms with Crippen molar-refractivity contribution in [3.8, 4) is 0 Å². The summed E-state index contributed by atoms with van der Waals surface area (Å²) in [4.78, 5) is 10.7. The van der Waals surface area contributed by atoms with Crippen molar-refractivity contribution < 1.29 is 0 Å². The number of likely N-dealkylation sites (tertiary alicyclic amines) is 1. The molecule has 0 aliphatic carbocycles. The van der Waals surface area contributed by atoms with E-state index in [1.807, 2.05) is 6.20 Å². The summed E-state index contributed by atoms with van der Waals surface area (Å²) in [6.45, 7) is 2.39. The zero-order chi connectivity index (χ0) is 10.7. The van der Waals surface area contributed by atoms with Crippen molar-refractivity contribution in [2.24, 2.45) is 5.92 Å². The molecule has 0 spiro atoms. The van der Waals surface area contributed by atoms with Gasteiger partial charge < -0.3 is 4.90 Å². The van der Waals surface area contributed by atoms with Crippen LogP contribution in [0.5, 0.6) is 0 Å². The number of hydrogen-bond donors (Lipinski definition) is 0. The van der Waals surface area contributed by atoms with E-state index >= 15 is 0 Å². The van der Waals surface area contributed by atoms with Crippen molar-refractivity contribution in [2.45, 2.75) is 19.3 Å². The highest BCUT2D eigenvalue weighted by Gasteiger charge is 2.17. The molecule has 0 radical (unpaired) electrons. The Morgan fingerprint density at radius 1 is 1.40 bits per heavy atom. The highest BCUT2D eigenvalue weighted by Crippen LogP contribution is 2.20. The molecule has 2 heterocycles. The maximum Gasteiger partial charge on any atom is 0.147 e. The average Bonchev–Trinajstić information content (AvgIpc) is 2.22. The van der Waals surface area contributed by atoms with Gasteiger partial charge in [0, 0.05) is 6.20 Å². The second-order valence-electron chi connectivity index (χ2n) is 4.28. The Morgan fingerprint density at radius 3 is 2.80 bits per heavy atom. The number of rotatable bonds is 2. The first-order valence-corrected chi connectivity index (χ1v) is 5.77. The molecule has 1 saturated heterocycles. The summed E-state index contributed by atoms with van der Waals surface area (Å²) in [6, 6.07) is 0. The van der Waals surface area contributed by atoms with Gasteiger partial charge in [-0.2, -0.15) is 0 Å². The van der Waals surface area contributed by atoms with E-state index < -0.39 is 0 Å². The van der Waals surface area contributed by atoms with E-state index in [2.05, 4.69) is 21.9 Å². The fourth-order valence-electron chi connectivity index (χ4n) is 2.04. The Bertz CT molecular complexity index is 321. The minimum Gasteiger partial charge on any atom is -0.306 e. The van der Waals surface area contributed by atoms with Crippen LogP contribution in [0.15, 0.2) is 12.4 Å². The summed E-state index contributed by atoms with van der Waals surface area (Å²) < 4.78 is 0. The average molecular weight is 226 g/mol. The third kappa shape index (κ3) is 3.14. The van der Waals surface area contributed by atoms with E-state index in [4.69, 9.17) is 11.6 Å². The van der Waals surface area contributed by atoms with Crippen LogP contribution in [-0.2, 0) is 6.42 Å². The van der Waals surface area contributed by atoms with Gasteiger partial charge in [-0.05, 0) is 45.3 Å². The molecule has 1 aliphatic rings. The van der Waals surface area contributed by atoms with Gasteiger partial charge in [0.25, 0.3) is 0 Å². The summed E-state index contributed by atoms with van der Waals surface area (Å²) in [7, 11) is 2.18. The molecule has 1 aliphatic heterocycles. The highest BCUT2D eigenvalue weighted by atomic mass is 35.5. The Kier molecular flexibility index (Phi) is 3.54. The van der Waals surface area contributed by atoms with Gasteiger partial charge in [0.1, 0.15) is 5.15 Å². The molecule has 4 heteroatoms. The largest absolute Gasteiger partial charge is 0.306 e. The molecule has 15 heavy (non-hydrogen) atoms. The monoisotopic (exact) mass is 225 g/mol. The summed E-state index contributed by atoms with van der Waals surface area (Å²) in [5.74, 6) is 0.744. The Morgan fingerprint density at radius 2 is 2.13 bits per heavy atom. The van der Waals surface area contributed by atoms with Gasteiger partial charge in [-0.15, -0.1) is 0 Å². The summed E-state index contributed by atoms with van der Waals surface area (Å²) in [5, 5.41) is 0.500. The van der Waals surface area contributed by atoms with Crippen molar-refractivity contribution >= 4 is 11.6 Å². The Labute approximate surface area is 95.5 Å². The summed E-state index contributed by atoms with van der Waals surface area (Å²) in [6.07, 6.45) is 6.93. The molecule has 82 valence electrons. The van der Waals surface area contributed by atoms with Crippen molar-refractivity contribution in [1.29, 1.82) is 0 Å². The van der Waals surface area contributed by atoms with Crippen LogP contribution in [0.4, 0.5) is 0 Å². The van der Waals surface area contributed by atoms with Crippen molar-refractivity contribution in [3.63, 3.8) is 0 Å². The minimum absolute atomic E-state index is 0.500. The molecule has 0 atom stereocenters. The predicted molar refractivity (Wildman–Crippen MR) is 61.0 cm³/mol. The van der Waals surface area contributed by atoms with Gasteiger partial charge in [-0.25, -0.2) is 4.98 Å². The number of hydrogen-bond acceptors (Lipinski definition) is 3. The molecule has 1 fully saturated rings. The standard InChI is InChI=1S/C11H16ClN3/c1-15-4-2-9(3-5-15)6-10-7-13-8-11(12)14-10/h7-9H,2-6H2,1H3. The fourth-order valence-corrected chi connectivity index (χ4v) is 2.20. The quantitative estimate of drug-likeness (QED) is 0.771. The van der Waals surface area contributed by atoms with Gasteiger partial charge in [-0.3, -0.25) is 4.98 Å². The van der Waals surface area contributed by atoms with Crippen LogP contribution in [0.2, 0.25) is 5.15 Å². The lowest BCUT2D eigenvalue weighted by Crippen LogP contribution is -2.31. The van der Waals surface area contributed by atoms with E-state index in [0.717, 1.165) is 18.0 Å². The molecule has 3 nitrogen and oxygen atoms in total. The predicted octanol–water partition coefficient (Wildman–Crippen LogP) is 2.01. The molecule has 0 aromatic carbocycles. The van der Waals surface area contributed by atoms with Crippen molar-refractivity contribution in [3.05, 3.63) is 23.2 Å². The second kappa shape index (κ2) is 4.90. The maximum absolute atomic E-state index is 5.80. The number of aromatic nitrogens is 2. The normalized spacial score (nSPS) is 19.3. The molecule has 0 unspecified atom stereocenters. The van der Waals surface area contributed by atoms with Gasteiger partial charge in [0.2, 0.25) is 0 Å². The first-order chi connectivity index (χ1) is 7.24. The molecule has 0 saturated carbocycles. The first-order valence-electron chi connectivity index (χ1n) is 5.39. The van der Waals surface area contributed by atoms with E-state index in [0.29, 0.717) is 5.15 Å². The molecular weight excluding hydrogens is 210 g/mol. The van der Waals surface area contributed by atoms with Crippen LogP contribution in [0.25, 0.3) is 0 Å². The zero-order valence-corrected chi connectivity index (χ0v) is 9.74. The molecule has 0 bridgehead atoms. The third-order valence-corrected chi connectivity index (χ3v) is 3.17. The van der Waals surface area contributed by atoms with Crippen molar-refractivity contribution in [2.75, 3.05) is 20.1 Å².